The minimum Gasteiger partial charge on any atom is -0.505 e. The lowest BCUT2D eigenvalue weighted by Gasteiger charge is -2.24. The second-order valence-corrected chi connectivity index (χ2v) is 7.29. The first-order valence-corrected chi connectivity index (χ1v) is 8.32. The Labute approximate surface area is 138 Å². The van der Waals surface area contributed by atoms with Gasteiger partial charge in [0.25, 0.3) is 0 Å². The van der Waals surface area contributed by atoms with Crippen molar-refractivity contribution < 1.29 is 9.50 Å². The second-order valence-electron chi connectivity index (χ2n) is 3.86. The molecule has 1 aliphatic rings. The molecule has 7 heteroatoms. The summed E-state index contributed by atoms with van der Waals surface area (Å²) < 4.78 is 15.1. The lowest BCUT2D eigenvalue weighted by molar-refractivity contribution is 0.466. The highest BCUT2D eigenvalue weighted by molar-refractivity contribution is 9.13. The summed E-state index contributed by atoms with van der Waals surface area (Å²) in [6.45, 7) is 0. The third-order valence-electron chi connectivity index (χ3n) is 2.67. The molecule has 0 unspecified atom stereocenters. The predicted molar refractivity (Wildman–Crippen MR) is 85.0 cm³/mol. The van der Waals surface area contributed by atoms with Crippen LogP contribution < -0.4 is 5.32 Å². The molecule has 2 N–H and O–H groups in total. The SMILES string of the molecule is Oc1c(Br)c(Br)c2c(c1Br)Sc1ccc(F)cc1N2. The van der Waals surface area contributed by atoms with Crippen LogP contribution in [0.15, 0.2) is 41.4 Å². The molecule has 0 aromatic heterocycles. The second kappa shape index (κ2) is 4.95. The molecule has 1 aliphatic heterocycles. The molecule has 2 aromatic carbocycles. The van der Waals surface area contributed by atoms with Gasteiger partial charge in [0.05, 0.1) is 29.7 Å². The Balaban J connectivity index is 2.23. The van der Waals surface area contributed by atoms with Gasteiger partial charge in [-0.2, -0.15) is 0 Å². The summed E-state index contributed by atoms with van der Waals surface area (Å²) in [6, 6.07) is 4.58. The molecular weight excluding hydrogens is 465 g/mol. The number of phenolic OH excluding ortho intramolecular Hbond substituents is 1. The number of hydrogen-bond acceptors (Lipinski definition) is 3. The van der Waals surface area contributed by atoms with E-state index < -0.39 is 0 Å². The Bertz CT molecular complexity index is 708. The van der Waals surface area contributed by atoms with Crippen LogP contribution in [0, 0.1) is 5.82 Å². The zero-order valence-electron chi connectivity index (χ0n) is 9.10. The van der Waals surface area contributed by atoms with Gasteiger partial charge in [-0.05, 0) is 66.0 Å². The van der Waals surface area contributed by atoms with Crippen molar-refractivity contribution in [1.29, 1.82) is 0 Å². The maximum atomic E-state index is 13.3. The lowest BCUT2D eigenvalue weighted by Crippen LogP contribution is -2.02. The van der Waals surface area contributed by atoms with Gasteiger partial charge in [0.2, 0.25) is 0 Å². The molecular formula is C12H5Br3FNOS. The fraction of sp³-hybridized carbons (Fsp3) is 0. The Hall–Kier alpha value is -0.240. The van der Waals surface area contributed by atoms with E-state index in [-0.39, 0.29) is 11.6 Å². The Kier molecular flexibility index (Phi) is 3.57. The van der Waals surface area contributed by atoms with E-state index in [0.29, 0.717) is 19.1 Å². The summed E-state index contributed by atoms with van der Waals surface area (Å²) in [6.07, 6.45) is 0. The third kappa shape index (κ3) is 2.20. The van der Waals surface area contributed by atoms with Crippen LogP contribution in [0.2, 0.25) is 0 Å². The minimum atomic E-state index is -0.289. The fourth-order valence-electron chi connectivity index (χ4n) is 1.77. The summed E-state index contributed by atoms with van der Waals surface area (Å²) in [4.78, 5) is 1.76. The van der Waals surface area contributed by atoms with Gasteiger partial charge >= 0.3 is 0 Å². The topological polar surface area (TPSA) is 32.3 Å². The van der Waals surface area contributed by atoms with Gasteiger partial charge in [0, 0.05) is 4.90 Å². The van der Waals surface area contributed by atoms with Crippen LogP contribution in [0.4, 0.5) is 15.8 Å². The van der Waals surface area contributed by atoms with Crippen molar-refractivity contribution in [2.75, 3.05) is 5.32 Å². The maximum Gasteiger partial charge on any atom is 0.146 e. The van der Waals surface area contributed by atoms with Crippen LogP contribution in [-0.2, 0) is 0 Å². The number of anilines is 2. The van der Waals surface area contributed by atoms with Crippen molar-refractivity contribution >= 4 is 70.9 Å². The fourth-order valence-corrected chi connectivity index (χ4v) is 4.70. The van der Waals surface area contributed by atoms with Crippen LogP contribution in [0.3, 0.4) is 0 Å². The van der Waals surface area contributed by atoms with Crippen molar-refractivity contribution in [3.8, 4) is 5.75 Å². The molecule has 1 heterocycles. The van der Waals surface area contributed by atoms with E-state index in [1.165, 1.54) is 23.9 Å². The van der Waals surface area contributed by atoms with Crippen LogP contribution in [-0.4, -0.2) is 5.11 Å². The van der Waals surface area contributed by atoms with E-state index in [2.05, 4.69) is 53.1 Å². The highest BCUT2D eigenvalue weighted by atomic mass is 79.9. The van der Waals surface area contributed by atoms with Gasteiger partial charge in [0.1, 0.15) is 11.6 Å². The molecule has 0 saturated heterocycles. The van der Waals surface area contributed by atoms with E-state index in [0.717, 1.165) is 15.5 Å². The Morgan fingerprint density at radius 2 is 1.84 bits per heavy atom. The molecule has 19 heavy (non-hydrogen) atoms. The largest absolute Gasteiger partial charge is 0.505 e. The molecule has 98 valence electrons. The molecule has 2 nitrogen and oxygen atoms in total. The first-order chi connectivity index (χ1) is 8.99. The van der Waals surface area contributed by atoms with E-state index in [9.17, 15) is 9.50 Å². The number of rotatable bonds is 0. The minimum absolute atomic E-state index is 0.130. The molecule has 0 saturated carbocycles. The summed E-state index contributed by atoms with van der Waals surface area (Å²) >= 11 is 11.6. The number of hydrogen-bond donors (Lipinski definition) is 2. The first kappa shape index (κ1) is 13.7. The van der Waals surface area contributed by atoms with Crippen molar-refractivity contribution in [1.82, 2.24) is 0 Å². The Morgan fingerprint density at radius 1 is 1.11 bits per heavy atom. The summed E-state index contributed by atoms with van der Waals surface area (Å²) in [7, 11) is 0. The maximum absolute atomic E-state index is 13.3. The molecule has 0 amide bonds. The van der Waals surface area contributed by atoms with Crippen LogP contribution in [0.5, 0.6) is 5.75 Å². The number of fused-ring (bicyclic) bond motifs is 2. The van der Waals surface area contributed by atoms with Crippen molar-refractivity contribution in [3.63, 3.8) is 0 Å². The van der Waals surface area contributed by atoms with Gasteiger partial charge in [0.15, 0.2) is 0 Å². The molecule has 0 fully saturated rings. The monoisotopic (exact) mass is 467 g/mol. The van der Waals surface area contributed by atoms with Crippen LogP contribution >= 0.6 is 59.6 Å². The summed E-state index contributed by atoms with van der Waals surface area (Å²) in [5, 5.41) is 13.2. The quantitative estimate of drug-likeness (QED) is 0.311. The average molecular weight is 470 g/mol. The highest BCUT2D eigenvalue weighted by Gasteiger charge is 2.25. The molecule has 0 atom stereocenters. The highest BCUT2D eigenvalue weighted by Crippen LogP contribution is 2.55. The molecule has 0 spiro atoms. The number of benzene rings is 2. The molecule has 0 bridgehead atoms. The van der Waals surface area contributed by atoms with Crippen molar-refractivity contribution in [2.45, 2.75) is 9.79 Å². The first-order valence-electron chi connectivity index (χ1n) is 5.13. The van der Waals surface area contributed by atoms with E-state index in [1.807, 2.05) is 0 Å². The normalized spacial score (nSPS) is 12.6. The zero-order chi connectivity index (χ0) is 13.7. The van der Waals surface area contributed by atoms with Crippen molar-refractivity contribution in [3.05, 3.63) is 37.4 Å². The zero-order valence-corrected chi connectivity index (χ0v) is 14.7. The van der Waals surface area contributed by atoms with E-state index >= 15 is 0 Å². The number of halogens is 4. The standard InChI is InChI=1S/C12H5Br3FNOS/c13-7-8(14)11(18)9(15)12-10(7)17-5-3-4(16)1-2-6(5)19-12/h1-3,17-18H. The molecule has 2 aromatic rings. The molecule has 0 aliphatic carbocycles. The molecule has 0 radical (unpaired) electrons. The van der Waals surface area contributed by atoms with E-state index in [1.54, 1.807) is 6.07 Å². The predicted octanol–water partition coefficient (Wildman–Crippen LogP) is 6.03. The lowest BCUT2D eigenvalue weighted by atomic mass is 10.2. The van der Waals surface area contributed by atoms with Gasteiger partial charge in [-0.15, -0.1) is 0 Å². The average Bonchev–Trinajstić information content (AvgIpc) is 2.41. The van der Waals surface area contributed by atoms with Gasteiger partial charge < -0.3 is 10.4 Å². The number of nitrogens with one attached hydrogen (secondary N) is 1. The summed E-state index contributed by atoms with van der Waals surface area (Å²) in [5.74, 6) is -0.159. The molecule has 3 rings (SSSR count). The van der Waals surface area contributed by atoms with Gasteiger partial charge in [-0.3, -0.25) is 0 Å². The van der Waals surface area contributed by atoms with Gasteiger partial charge in [-0.25, -0.2) is 4.39 Å². The number of aromatic hydroxyl groups is 1. The number of phenols is 1. The van der Waals surface area contributed by atoms with Crippen molar-refractivity contribution in [2.24, 2.45) is 0 Å². The van der Waals surface area contributed by atoms with Crippen LogP contribution in [0.25, 0.3) is 0 Å². The van der Waals surface area contributed by atoms with Crippen LogP contribution in [0.1, 0.15) is 0 Å². The Morgan fingerprint density at radius 3 is 2.58 bits per heavy atom. The van der Waals surface area contributed by atoms with E-state index in [4.69, 9.17) is 0 Å². The van der Waals surface area contributed by atoms with Gasteiger partial charge in [-0.1, -0.05) is 11.8 Å². The third-order valence-corrected chi connectivity index (χ3v) is 6.99. The summed E-state index contributed by atoms with van der Waals surface area (Å²) in [5.41, 5.74) is 1.50. The smallest absolute Gasteiger partial charge is 0.146 e.